The fourth-order valence-electron chi connectivity index (χ4n) is 1.87. The first-order chi connectivity index (χ1) is 6.84. The van der Waals surface area contributed by atoms with Crippen molar-refractivity contribution in [3.8, 4) is 0 Å². The second-order valence-electron chi connectivity index (χ2n) is 4.39. The third-order valence-corrected chi connectivity index (χ3v) is 3.97. The maximum absolute atomic E-state index is 3.63. The first-order valence-corrected chi connectivity index (χ1v) is 6.48. The van der Waals surface area contributed by atoms with E-state index in [1.54, 1.807) is 0 Å². The van der Waals surface area contributed by atoms with E-state index in [4.69, 9.17) is 0 Å². The Morgan fingerprint density at radius 2 is 2.43 bits per heavy atom. The second kappa shape index (κ2) is 4.94. The minimum Gasteiger partial charge on any atom is -0.314 e. The summed E-state index contributed by atoms with van der Waals surface area (Å²) < 4.78 is 0. The molecule has 1 atom stereocenters. The molecule has 1 fully saturated rings. The molecule has 0 aliphatic heterocycles. The largest absolute Gasteiger partial charge is 0.314 e. The Morgan fingerprint density at radius 3 is 3.00 bits per heavy atom. The Labute approximate surface area is 90.5 Å². The lowest BCUT2D eigenvalue weighted by Gasteiger charge is -2.27. The molecule has 1 aliphatic rings. The predicted molar refractivity (Wildman–Crippen MR) is 62.8 cm³/mol. The van der Waals surface area contributed by atoms with Crippen molar-refractivity contribution >= 4 is 11.3 Å². The van der Waals surface area contributed by atoms with Gasteiger partial charge in [0.2, 0.25) is 0 Å². The standard InChI is InChI=1S/C12H19NS/c1-10(8-12-6-3-7-14-12)13-9-11-4-2-5-11/h3,6-7,10-11,13H,2,4-5,8-9H2,1H3. The zero-order valence-electron chi connectivity index (χ0n) is 8.83. The fourth-order valence-corrected chi connectivity index (χ4v) is 2.70. The Bertz CT molecular complexity index is 251. The molecule has 0 aromatic carbocycles. The van der Waals surface area contributed by atoms with Crippen LogP contribution in [0.4, 0.5) is 0 Å². The van der Waals surface area contributed by atoms with Gasteiger partial charge in [-0.05, 0) is 50.1 Å². The number of hydrogen-bond donors (Lipinski definition) is 1. The molecule has 2 rings (SSSR count). The first kappa shape index (κ1) is 10.2. The van der Waals surface area contributed by atoms with Crippen molar-refractivity contribution in [2.75, 3.05) is 6.54 Å². The highest BCUT2D eigenvalue weighted by molar-refractivity contribution is 7.09. The van der Waals surface area contributed by atoms with Gasteiger partial charge in [-0.1, -0.05) is 12.5 Å². The number of nitrogens with one attached hydrogen (secondary N) is 1. The fraction of sp³-hybridized carbons (Fsp3) is 0.667. The van der Waals surface area contributed by atoms with Crippen LogP contribution in [0.5, 0.6) is 0 Å². The van der Waals surface area contributed by atoms with E-state index < -0.39 is 0 Å². The topological polar surface area (TPSA) is 12.0 Å². The first-order valence-electron chi connectivity index (χ1n) is 5.60. The molecule has 1 nitrogen and oxygen atoms in total. The molecule has 0 amide bonds. The molecule has 1 aromatic heterocycles. The molecule has 1 saturated carbocycles. The van der Waals surface area contributed by atoms with E-state index in [1.165, 1.54) is 37.1 Å². The third kappa shape index (κ3) is 2.82. The molecule has 0 saturated heterocycles. The quantitative estimate of drug-likeness (QED) is 0.786. The molecule has 0 bridgehead atoms. The van der Waals surface area contributed by atoms with Crippen LogP contribution in [0.3, 0.4) is 0 Å². The summed E-state index contributed by atoms with van der Waals surface area (Å²) in [6.45, 7) is 3.52. The van der Waals surface area contributed by atoms with Crippen LogP contribution in [0.25, 0.3) is 0 Å². The molecule has 1 N–H and O–H groups in total. The van der Waals surface area contributed by atoms with Gasteiger partial charge < -0.3 is 5.32 Å². The van der Waals surface area contributed by atoms with E-state index in [0.717, 1.165) is 5.92 Å². The van der Waals surface area contributed by atoms with Crippen molar-refractivity contribution in [3.63, 3.8) is 0 Å². The van der Waals surface area contributed by atoms with Crippen LogP contribution in [0.2, 0.25) is 0 Å². The third-order valence-electron chi connectivity index (χ3n) is 3.07. The SMILES string of the molecule is CC(Cc1cccs1)NCC1CCC1. The summed E-state index contributed by atoms with van der Waals surface area (Å²) in [5, 5.41) is 5.79. The van der Waals surface area contributed by atoms with Gasteiger partial charge in [0.15, 0.2) is 0 Å². The number of thiophene rings is 1. The number of hydrogen-bond acceptors (Lipinski definition) is 2. The summed E-state index contributed by atoms with van der Waals surface area (Å²) in [6, 6.07) is 5.00. The molecule has 1 heterocycles. The van der Waals surface area contributed by atoms with Crippen LogP contribution in [0.1, 0.15) is 31.1 Å². The molecule has 0 radical (unpaired) electrons. The average Bonchev–Trinajstić information content (AvgIpc) is 2.54. The highest BCUT2D eigenvalue weighted by atomic mass is 32.1. The van der Waals surface area contributed by atoms with Crippen LogP contribution in [0, 0.1) is 5.92 Å². The molecule has 0 spiro atoms. The zero-order chi connectivity index (χ0) is 9.80. The van der Waals surface area contributed by atoms with Crippen molar-refractivity contribution in [2.24, 2.45) is 5.92 Å². The van der Waals surface area contributed by atoms with E-state index in [2.05, 4.69) is 29.8 Å². The lowest BCUT2D eigenvalue weighted by atomic mass is 9.85. The van der Waals surface area contributed by atoms with E-state index in [1.807, 2.05) is 11.3 Å². The summed E-state index contributed by atoms with van der Waals surface area (Å²) in [5.74, 6) is 0.973. The summed E-state index contributed by atoms with van der Waals surface area (Å²) >= 11 is 1.87. The molecule has 1 aliphatic carbocycles. The van der Waals surface area contributed by atoms with Gasteiger partial charge in [0.1, 0.15) is 0 Å². The van der Waals surface area contributed by atoms with Crippen LogP contribution < -0.4 is 5.32 Å². The Hall–Kier alpha value is -0.340. The highest BCUT2D eigenvalue weighted by Crippen LogP contribution is 2.25. The molecule has 78 valence electrons. The van der Waals surface area contributed by atoms with Gasteiger partial charge >= 0.3 is 0 Å². The van der Waals surface area contributed by atoms with Gasteiger partial charge in [0.25, 0.3) is 0 Å². The zero-order valence-corrected chi connectivity index (χ0v) is 9.65. The Kier molecular flexibility index (Phi) is 3.60. The second-order valence-corrected chi connectivity index (χ2v) is 5.42. The lowest BCUT2D eigenvalue weighted by molar-refractivity contribution is 0.291. The van der Waals surface area contributed by atoms with Gasteiger partial charge in [-0.15, -0.1) is 11.3 Å². The van der Waals surface area contributed by atoms with Crippen LogP contribution in [0.15, 0.2) is 17.5 Å². The van der Waals surface area contributed by atoms with Gasteiger partial charge in [-0.3, -0.25) is 0 Å². The van der Waals surface area contributed by atoms with Crippen LogP contribution in [-0.2, 0) is 6.42 Å². The summed E-state index contributed by atoms with van der Waals surface area (Å²) in [6.07, 6.45) is 5.52. The van der Waals surface area contributed by atoms with Gasteiger partial charge in [-0.25, -0.2) is 0 Å². The van der Waals surface area contributed by atoms with E-state index in [-0.39, 0.29) is 0 Å². The van der Waals surface area contributed by atoms with Crippen molar-refractivity contribution in [2.45, 2.75) is 38.6 Å². The van der Waals surface area contributed by atoms with Crippen molar-refractivity contribution in [1.82, 2.24) is 5.32 Å². The van der Waals surface area contributed by atoms with Crippen molar-refractivity contribution in [1.29, 1.82) is 0 Å². The Morgan fingerprint density at radius 1 is 1.57 bits per heavy atom. The molecular weight excluding hydrogens is 190 g/mol. The predicted octanol–water partition coefficient (Wildman–Crippen LogP) is 3.07. The van der Waals surface area contributed by atoms with E-state index in [0.29, 0.717) is 6.04 Å². The van der Waals surface area contributed by atoms with Gasteiger partial charge in [-0.2, -0.15) is 0 Å². The van der Waals surface area contributed by atoms with Gasteiger partial charge in [0, 0.05) is 10.9 Å². The summed E-state index contributed by atoms with van der Waals surface area (Å²) in [5.41, 5.74) is 0. The number of rotatable bonds is 5. The normalized spacial score (nSPS) is 19.2. The monoisotopic (exact) mass is 209 g/mol. The summed E-state index contributed by atoms with van der Waals surface area (Å²) in [7, 11) is 0. The van der Waals surface area contributed by atoms with Gasteiger partial charge in [0.05, 0.1) is 0 Å². The van der Waals surface area contributed by atoms with E-state index >= 15 is 0 Å². The van der Waals surface area contributed by atoms with Crippen molar-refractivity contribution in [3.05, 3.63) is 22.4 Å². The molecule has 1 aromatic rings. The highest BCUT2D eigenvalue weighted by Gasteiger charge is 2.17. The minimum atomic E-state index is 0.634. The molecular formula is C12H19NS. The molecule has 1 unspecified atom stereocenters. The lowest BCUT2D eigenvalue weighted by Crippen LogP contribution is -2.34. The van der Waals surface area contributed by atoms with Crippen molar-refractivity contribution < 1.29 is 0 Å². The maximum atomic E-state index is 3.63. The maximum Gasteiger partial charge on any atom is 0.00871 e. The summed E-state index contributed by atoms with van der Waals surface area (Å²) in [4.78, 5) is 1.50. The van der Waals surface area contributed by atoms with Crippen LogP contribution in [-0.4, -0.2) is 12.6 Å². The van der Waals surface area contributed by atoms with E-state index in [9.17, 15) is 0 Å². The average molecular weight is 209 g/mol. The Balaban J connectivity index is 1.65. The molecule has 2 heteroatoms. The molecule has 14 heavy (non-hydrogen) atoms. The minimum absolute atomic E-state index is 0.634. The smallest absolute Gasteiger partial charge is 0.00871 e. The van der Waals surface area contributed by atoms with Crippen LogP contribution >= 0.6 is 11.3 Å².